The van der Waals surface area contributed by atoms with Crippen LogP contribution in [-0.4, -0.2) is 75.8 Å². The molecular formula is C14H23BrN4O3S. The van der Waals surface area contributed by atoms with E-state index in [1.807, 2.05) is 0 Å². The SMILES string of the molecule is CN1CCN(CCCOc2ncc(Br)cc2NS(C)(=O)=O)CC1. The van der Waals surface area contributed by atoms with Crippen molar-refractivity contribution in [2.75, 3.05) is 57.4 Å². The van der Waals surface area contributed by atoms with Crippen LogP contribution in [0, 0.1) is 0 Å². The summed E-state index contributed by atoms with van der Waals surface area (Å²) in [7, 11) is -1.24. The summed E-state index contributed by atoms with van der Waals surface area (Å²) in [5.41, 5.74) is 0.349. The zero-order chi connectivity index (χ0) is 16.9. The molecule has 1 aromatic heterocycles. The Balaban J connectivity index is 1.83. The molecule has 1 N–H and O–H groups in total. The number of rotatable bonds is 7. The van der Waals surface area contributed by atoms with Gasteiger partial charge < -0.3 is 14.5 Å². The molecule has 1 fully saturated rings. The fraction of sp³-hybridized carbons (Fsp3) is 0.643. The fourth-order valence-corrected chi connectivity index (χ4v) is 3.22. The molecule has 2 heterocycles. The molecular weight excluding hydrogens is 384 g/mol. The van der Waals surface area contributed by atoms with Crippen molar-refractivity contribution >= 4 is 31.6 Å². The largest absolute Gasteiger partial charge is 0.476 e. The van der Waals surface area contributed by atoms with Gasteiger partial charge in [-0.25, -0.2) is 13.4 Å². The van der Waals surface area contributed by atoms with Gasteiger partial charge in [0, 0.05) is 43.4 Å². The maximum atomic E-state index is 11.4. The van der Waals surface area contributed by atoms with Gasteiger partial charge in [-0.1, -0.05) is 0 Å². The van der Waals surface area contributed by atoms with E-state index in [0.717, 1.165) is 45.4 Å². The standard InChI is InChI=1S/C14H23BrN4O3S/c1-18-5-7-19(8-6-18)4-3-9-22-14-13(17-23(2,20)21)10-12(15)11-16-14/h10-11,17H,3-9H2,1-2H3. The molecule has 1 aliphatic rings. The van der Waals surface area contributed by atoms with Crippen LogP contribution in [0.3, 0.4) is 0 Å². The average Bonchev–Trinajstić information content (AvgIpc) is 2.45. The van der Waals surface area contributed by atoms with E-state index in [-0.39, 0.29) is 0 Å². The summed E-state index contributed by atoms with van der Waals surface area (Å²) in [5.74, 6) is 0.303. The van der Waals surface area contributed by atoms with Gasteiger partial charge >= 0.3 is 0 Å². The second-order valence-electron chi connectivity index (χ2n) is 5.73. The normalized spacial score (nSPS) is 17.2. The number of sulfonamides is 1. The predicted octanol–water partition coefficient (Wildman–Crippen LogP) is 1.23. The summed E-state index contributed by atoms with van der Waals surface area (Å²) >= 11 is 3.28. The molecule has 1 aromatic rings. The molecule has 0 amide bonds. The zero-order valence-corrected chi connectivity index (χ0v) is 15.9. The van der Waals surface area contributed by atoms with Crippen molar-refractivity contribution in [2.45, 2.75) is 6.42 Å². The number of ether oxygens (including phenoxy) is 1. The first kappa shape index (κ1) is 18.4. The molecule has 0 aliphatic carbocycles. The Labute approximate surface area is 146 Å². The molecule has 23 heavy (non-hydrogen) atoms. The summed E-state index contributed by atoms with van der Waals surface area (Å²) in [6.07, 6.45) is 3.56. The second kappa shape index (κ2) is 8.27. The number of aromatic nitrogens is 1. The number of likely N-dealkylation sites (N-methyl/N-ethyl adjacent to an activating group) is 1. The van der Waals surface area contributed by atoms with E-state index in [9.17, 15) is 8.42 Å². The molecule has 0 spiro atoms. The van der Waals surface area contributed by atoms with Crippen molar-refractivity contribution < 1.29 is 13.2 Å². The van der Waals surface area contributed by atoms with Crippen molar-refractivity contribution in [3.8, 4) is 5.88 Å². The van der Waals surface area contributed by atoms with Crippen LogP contribution in [0.25, 0.3) is 0 Å². The summed E-state index contributed by atoms with van der Waals surface area (Å²) in [4.78, 5) is 8.87. The van der Waals surface area contributed by atoms with E-state index in [1.54, 1.807) is 12.3 Å². The van der Waals surface area contributed by atoms with Crippen LogP contribution in [0.1, 0.15) is 6.42 Å². The summed E-state index contributed by atoms with van der Waals surface area (Å²) < 4.78 is 31.6. The number of anilines is 1. The highest BCUT2D eigenvalue weighted by molar-refractivity contribution is 9.10. The van der Waals surface area contributed by atoms with E-state index in [4.69, 9.17) is 4.74 Å². The number of nitrogens with one attached hydrogen (secondary N) is 1. The van der Waals surface area contributed by atoms with Crippen molar-refractivity contribution in [3.05, 3.63) is 16.7 Å². The molecule has 2 rings (SSSR count). The van der Waals surface area contributed by atoms with Crippen LogP contribution in [0.2, 0.25) is 0 Å². The number of piperazine rings is 1. The molecule has 1 saturated heterocycles. The molecule has 130 valence electrons. The van der Waals surface area contributed by atoms with Crippen LogP contribution in [0.15, 0.2) is 16.7 Å². The predicted molar refractivity (Wildman–Crippen MR) is 94.5 cm³/mol. The lowest BCUT2D eigenvalue weighted by Crippen LogP contribution is -2.44. The summed E-state index contributed by atoms with van der Waals surface area (Å²) in [6, 6.07) is 1.64. The molecule has 0 radical (unpaired) electrons. The first-order valence-electron chi connectivity index (χ1n) is 7.50. The lowest BCUT2D eigenvalue weighted by Gasteiger charge is -2.32. The Morgan fingerprint density at radius 3 is 2.70 bits per heavy atom. The van der Waals surface area contributed by atoms with Crippen molar-refractivity contribution in [1.29, 1.82) is 0 Å². The zero-order valence-electron chi connectivity index (χ0n) is 13.5. The van der Waals surface area contributed by atoms with Crippen LogP contribution in [0.4, 0.5) is 5.69 Å². The van der Waals surface area contributed by atoms with Gasteiger partial charge in [0.25, 0.3) is 0 Å². The molecule has 0 saturated carbocycles. The van der Waals surface area contributed by atoms with Crippen molar-refractivity contribution in [2.24, 2.45) is 0 Å². The average molecular weight is 407 g/mol. The maximum Gasteiger partial charge on any atom is 0.238 e. The van der Waals surface area contributed by atoms with Gasteiger partial charge in [0.1, 0.15) is 5.69 Å². The van der Waals surface area contributed by atoms with Crippen molar-refractivity contribution in [1.82, 2.24) is 14.8 Å². The number of halogens is 1. The van der Waals surface area contributed by atoms with Crippen LogP contribution in [0.5, 0.6) is 5.88 Å². The molecule has 0 atom stereocenters. The smallest absolute Gasteiger partial charge is 0.238 e. The third-order valence-electron chi connectivity index (χ3n) is 3.57. The van der Waals surface area contributed by atoms with Crippen LogP contribution < -0.4 is 9.46 Å². The lowest BCUT2D eigenvalue weighted by molar-refractivity contribution is 0.145. The molecule has 1 aliphatic heterocycles. The Morgan fingerprint density at radius 2 is 2.04 bits per heavy atom. The Bertz CT molecular complexity index is 618. The van der Waals surface area contributed by atoms with E-state index in [0.29, 0.717) is 22.6 Å². The van der Waals surface area contributed by atoms with Gasteiger partial charge in [0.15, 0.2) is 0 Å². The molecule has 0 bridgehead atoms. The minimum atomic E-state index is -3.37. The quantitative estimate of drug-likeness (QED) is 0.686. The summed E-state index contributed by atoms with van der Waals surface area (Å²) in [5, 5.41) is 0. The van der Waals surface area contributed by atoms with Gasteiger partial charge in [-0.15, -0.1) is 0 Å². The van der Waals surface area contributed by atoms with Gasteiger partial charge in [0.05, 0.1) is 12.9 Å². The van der Waals surface area contributed by atoms with E-state index >= 15 is 0 Å². The highest BCUT2D eigenvalue weighted by atomic mass is 79.9. The fourth-order valence-electron chi connectivity index (χ4n) is 2.34. The molecule has 9 heteroatoms. The van der Waals surface area contributed by atoms with Crippen LogP contribution in [-0.2, 0) is 10.0 Å². The Hall–Kier alpha value is -0.900. The Morgan fingerprint density at radius 1 is 1.35 bits per heavy atom. The monoisotopic (exact) mass is 406 g/mol. The number of hydrogen-bond donors (Lipinski definition) is 1. The highest BCUT2D eigenvalue weighted by Gasteiger charge is 2.14. The molecule has 7 nitrogen and oxygen atoms in total. The second-order valence-corrected chi connectivity index (χ2v) is 8.39. The number of hydrogen-bond acceptors (Lipinski definition) is 6. The molecule has 0 unspecified atom stereocenters. The van der Waals surface area contributed by atoms with Gasteiger partial charge in [-0.2, -0.15) is 0 Å². The van der Waals surface area contributed by atoms with Gasteiger partial charge in [0.2, 0.25) is 15.9 Å². The minimum Gasteiger partial charge on any atom is -0.476 e. The van der Waals surface area contributed by atoms with Gasteiger partial charge in [-0.05, 0) is 35.5 Å². The summed E-state index contributed by atoms with van der Waals surface area (Å²) in [6.45, 7) is 5.82. The van der Waals surface area contributed by atoms with E-state index in [2.05, 4.69) is 42.5 Å². The lowest BCUT2D eigenvalue weighted by atomic mass is 10.3. The minimum absolute atomic E-state index is 0.303. The van der Waals surface area contributed by atoms with Gasteiger partial charge in [-0.3, -0.25) is 4.72 Å². The van der Waals surface area contributed by atoms with Crippen LogP contribution >= 0.6 is 15.9 Å². The van der Waals surface area contributed by atoms with E-state index < -0.39 is 10.0 Å². The molecule has 0 aromatic carbocycles. The first-order valence-corrected chi connectivity index (χ1v) is 10.2. The maximum absolute atomic E-state index is 11.4. The number of pyridine rings is 1. The Kier molecular flexibility index (Phi) is 6.63. The van der Waals surface area contributed by atoms with E-state index in [1.165, 1.54) is 0 Å². The first-order chi connectivity index (χ1) is 10.8. The third-order valence-corrected chi connectivity index (χ3v) is 4.59. The highest BCUT2D eigenvalue weighted by Crippen LogP contribution is 2.26. The third kappa shape index (κ3) is 6.62. The number of nitrogens with zero attached hydrogens (tertiary/aromatic N) is 3. The topological polar surface area (TPSA) is 74.8 Å². The van der Waals surface area contributed by atoms with Crippen molar-refractivity contribution in [3.63, 3.8) is 0 Å².